The van der Waals surface area contributed by atoms with Crippen LogP contribution < -0.4 is 10.6 Å². The van der Waals surface area contributed by atoms with Gasteiger partial charge in [-0.25, -0.2) is 4.79 Å². The van der Waals surface area contributed by atoms with Crippen LogP contribution in [0.3, 0.4) is 0 Å². The fourth-order valence-corrected chi connectivity index (χ4v) is 3.28. The average Bonchev–Trinajstić information content (AvgIpc) is 2.59. The van der Waals surface area contributed by atoms with Crippen LogP contribution in [0.25, 0.3) is 0 Å². The summed E-state index contributed by atoms with van der Waals surface area (Å²) in [4.78, 5) is 37.2. The number of urea groups is 1. The number of hydrogen-bond acceptors (Lipinski definition) is 3. The van der Waals surface area contributed by atoms with Crippen molar-refractivity contribution in [2.24, 2.45) is 11.8 Å². The van der Waals surface area contributed by atoms with E-state index in [9.17, 15) is 19.5 Å². The molecule has 2 unspecified atom stereocenters. The number of rotatable bonds is 5. The zero-order valence-corrected chi connectivity index (χ0v) is 15.7. The van der Waals surface area contributed by atoms with Crippen LogP contribution in [0.5, 0.6) is 0 Å². The van der Waals surface area contributed by atoms with Gasteiger partial charge in [-0.3, -0.25) is 9.59 Å². The highest BCUT2D eigenvalue weighted by Gasteiger charge is 2.32. The number of anilines is 1. The van der Waals surface area contributed by atoms with E-state index in [-0.39, 0.29) is 29.4 Å². The molecule has 3 amide bonds. The first-order chi connectivity index (χ1) is 12.3. The molecular formula is C18H24ClN3O4. The summed E-state index contributed by atoms with van der Waals surface area (Å²) >= 11 is 6.16. The Hall–Kier alpha value is -2.28. The van der Waals surface area contributed by atoms with Crippen LogP contribution >= 0.6 is 11.6 Å². The number of carbonyl (C=O) groups is 3. The summed E-state index contributed by atoms with van der Waals surface area (Å²) in [6.07, 6.45) is 1.38. The third-order valence-electron chi connectivity index (χ3n) is 4.30. The summed E-state index contributed by atoms with van der Waals surface area (Å²) in [7, 11) is 0. The normalized spacial score (nSPS) is 19.7. The molecule has 7 nitrogen and oxygen atoms in total. The maximum atomic E-state index is 12.5. The number of nitrogens with one attached hydrogen (secondary N) is 2. The van der Waals surface area contributed by atoms with Gasteiger partial charge in [-0.05, 0) is 37.0 Å². The Balaban J connectivity index is 2.03. The van der Waals surface area contributed by atoms with Gasteiger partial charge in [0.15, 0.2) is 0 Å². The summed E-state index contributed by atoms with van der Waals surface area (Å²) in [5.41, 5.74) is 0.799. The van der Waals surface area contributed by atoms with Crippen molar-refractivity contribution in [2.75, 3.05) is 25.0 Å². The van der Waals surface area contributed by atoms with Crippen LogP contribution in [0.4, 0.5) is 10.5 Å². The second-order valence-electron chi connectivity index (χ2n) is 6.66. The quantitative estimate of drug-likeness (QED) is 0.729. The van der Waals surface area contributed by atoms with E-state index in [0.29, 0.717) is 30.8 Å². The maximum absolute atomic E-state index is 12.5. The molecule has 2 rings (SSSR count). The van der Waals surface area contributed by atoms with Crippen LogP contribution in [-0.4, -0.2) is 47.5 Å². The van der Waals surface area contributed by atoms with Gasteiger partial charge in [0.2, 0.25) is 0 Å². The monoisotopic (exact) mass is 381 g/mol. The third-order valence-corrected chi connectivity index (χ3v) is 4.61. The van der Waals surface area contributed by atoms with Crippen molar-refractivity contribution in [1.82, 2.24) is 10.2 Å². The number of halogens is 1. The fraction of sp³-hybridized carbons (Fsp3) is 0.500. The standard InChI is InChI=1S/C18H24ClN3O4/c1-3-6-20-16(23)14-5-4-13(8-15(14)19)21-18(26)22-9-11(2)7-12(10-22)17(24)25/h4-5,8,11-12H,3,6-7,9-10H2,1-2H3,(H,20,23)(H,21,26)(H,24,25). The molecule has 2 atom stereocenters. The lowest BCUT2D eigenvalue weighted by molar-refractivity contribution is -0.143. The molecule has 26 heavy (non-hydrogen) atoms. The summed E-state index contributed by atoms with van der Waals surface area (Å²) in [6, 6.07) is 4.30. The molecule has 0 aliphatic carbocycles. The molecule has 1 fully saturated rings. The Morgan fingerprint density at radius 2 is 2.04 bits per heavy atom. The average molecular weight is 382 g/mol. The van der Waals surface area contributed by atoms with E-state index >= 15 is 0 Å². The minimum atomic E-state index is -0.889. The van der Waals surface area contributed by atoms with E-state index in [1.807, 2.05) is 13.8 Å². The molecule has 1 saturated heterocycles. The second kappa shape index (κ2) is 8.89. The Morgan fingerprint density at radius 3 is 2.65 bits per heavy atom. The summed E-state index contributed by atoms with van der Waals surface area (Å²) < 4.78 is 0. The number of carboxylic acids is 1. The highest BCUT2D eigenvalue weighted by atomic mass is 35.5. The Labute approximate surface area is 157 Å². The molecule has 1 heterocycles. The predicted octanol–water partition coefficient (Wildman–Crippen LogP) is 3.05. The van der Waals surface area contributed by atoms with E-state index in [1.54, 1.807) is 12.1 Å². The van der Waals surface area contributed by atoms with E-state index in [2.05, 4.69) is 10.6 Å². The molecule has 0 bridgehead atoms. The first-order valence-electron chi connectivity index (χ1n) is 8.68. The molecule has 1 aromatic rings. The molecule has 3 N–H and O–H groups in total. The number of amides is 3. The topological polar surface area (TPSA) is 98.7 Å². The van der Waals surface area contributed by atoms with E-state index in [4.69, 9.17) is 11.6 Å². The van der Waals surface area contributed by atoms with Crippen molar-refractivity contribution in [1.29, 1.82) is 0 Å². The highest BCUT2D eigenvalue weighted by Crippen LogP contribution is 2.24. The number of carbonyl (C=O) groups excluding carboxylic acids is 2. The zero-order valence-electron chi connectivity index (χ0n) is 14.9. The van der Waals surface area contributed by atoms with Gasteiger partial charge in [0.05, 0.1) is 16.5 Å². The predicted molar refractivity (Wildman–Crippen MR) is 99.6 cm³/mol. The van der Waals surface area contributed by atoms with Crippen molar-refractivity contribution < 1.29 is 19.5 Å². The van der Waals surface area contributed by atoms with Gasteiger partial charge < -0.3 is 20.6 Å². The lowest BCUT2D eigenvalue weighted by atomic mass is 9.91. The van der Waals surface area contributed by atoms with Crippen molar-refractivity contribution in [3.05, 3.63) is 28.8 Å². The molecule has 0 radical (unpaired) electrons. The zero-order chi connectivity index (χ0) is 19.3. The van der Waals surface area contributed by atoms with Crippen LogP contribution in [0.2, 0.25) is 5.02 Å². The maximum Gasteiger partial charge on any atom is 0.321 e. The van der Waals surface area contributed by atoms with Gasteiger partial charge in [-0.2, -0.15) is 0 Å². The SMILES string of the molecule is CCCNC(=O)c1ccc(NC(=O)N2CC(C)CC(C(=O)O)C2)cc1Cl. The molecule has 0 saturated carbocycles. The molecule has 8 heteroatoms. The molecule has 1 aliphatic heterocycles. The highest BCUT2D eigenvalue weighted by molar-refractivity contribution is 6.34. The summed E-state index contributed by atoms with van der Waals surface area (Å²) in [6.45, 7) is 5.12. The number of hydrogen-bond donors (Lipinski definition) is 3. The number of likely N-dealkylation sites (tertiary alicyclic amines) is 1. The second-order valence-corrected chi connectivity index (χ2v) is 7.07. The van der Waals surface area contributed by atoms with Crippen LogP contribution in [-0.2, 0) is 4.79 Å². The van der Waals surface area contributed by atoms with Crippen molar-refractivity contribution >= 4 is 35.2 Å². The first kappa shape index (κ1) is 20.0. The molecular weight excluding hydrogens is 358 g/mol. The lowest BCUT2D eigenvalue weighted by Gasteiger charge is -2.34. The van der Waals surface area contributed by atoms with E-state index in [0.717, 1.165) is 6.42 Å². The summed E-state index contributed by atoms with van der Waals surface area (Å²) in [5, 5.41) is 14.9. The van der Waals surface area contributed by atoms with Crippen LogP contribution in [0, 0.1) is 11.8 Å². The number of nitrogens with zero attached hydrogens (tertiary/aromatic N) is 1. The largest absolute Gasteiger partial charge is 0.481 e. The van der Waals surface area contributed by atoms with Crippen molar-refractivity contribution in [2.45, 2.75) is 26.7 Å². The number of carboxylic acid groups (broad SMARTS) is 1. The van der Waals surface area contributed by atoms with Gasteiger partial charge in [-0.15, -0.1) is 0 Å². The number of piperidine rings is 1. The van der Waals surface area contributed by atoms with Crippen molar-refractivity contribution in [3.8, 4) is 0 Å². The first-order valence-corrected chi connectivity index (χ1v) is 9.06. The Bertz CT molecular complexity index is 695. The summed E-state index contributed by atoms with van der Waals surface area (Å²) in [5.74, 6) is -1.59. The van der Waals surface area contributed by atoms with Gasteiger partial charge in [0, 0.05) is 25.3 Å². The Kier molecular flexibility index (Phi) is 6.85. The van der Waals surface area contributed by atoms with Crippen LogP contribution in [0.1, 0.15) is 37.0 Å². The smallest absolute Gasteiger partial charge is 0.321 e. The third kappa shape index (κ3) is 5.11. The van der Waals surface area contributed by atoms with E-state index in [1.165, 1.54) is 11.0 Å². The molecule has 1 aliphatic rings. The number of aliphatic carboxylic acids is 1. The van der Waals surface area contributed by atoms with Gasteiger partial charge >= 0.3 is 12.0 Å². The van der Waals surface area contributed by atoms with Gasteiger partial charge in [0.25, 0.3) is 5.91 Å². The van der Waals surface area contributed by atoms with Crippen molar-refractivity contribution in [3.63, 3.8) is 0 Å². The minimum absolute atomic E-state index is 0.115. The Morgan fingerprint density at radius 1 is 1.31 bits per heavy atom. The van der Waals surface area contributed by atoms with E-state index < -0.39 is 11.9 Å². The minimum Gasteiger partial charge on any atom is -0.481 e. The molecule has 1 aromatic carbocycles. The molecule has 142 valence electrons. The lowest BCUT2D eigenvalue weighted by Crippen LogP contribution is -2.47. The fourth-order valence-electron chi connectivity index (χ4n) is 3.01. The molecule has 0 aromatic heterocycles. The van der Waals surface area contributed by atoms with Gasteiger partial charge in [0.1, 0.15) is 0 Å². The van der Waals surface area contributed by atoms with Crippen LogP contribution in [0.15, 0.2) is 18.2 Å². The molecule has 0 spiro atoms. The number of benzene rings is 1. The van der Waals surface area contributed by atoms with Gasteiger partial charge in [-0.1, -0.05) is 25.4 Å².